The van der Waals surface area contributed by atoms with Crippen LogP contribution in [-0.2, 0) is 0 Å². The highest BCUT2D eigenvalue weighted by Crippen LogP contribution is 2.17. The van der Waals surface area contributed by atoms with Gasteiger partial charge in [-0.1, -0.05) is 17.3 Å². The van der Waals surface area contributed by atoms with E-state index in [1.54, 1.807) is 44.4 Å². The number of amides is 2. The van der Waals surface area contributed by atoms with Crippen molar-refractivity contribution in [3.8, 4) is 5.75 Å². The van der Waals surface area contributed by atoms with E-state index in [1.807, 2.05) is 0 Å². The standard InChI is InChI=1S/C14H17N3O4/c1-9-7-13(17-21-9)16-14(19)15-8-12(18)10-3-5-11(20-2)6-4-10/h3-7,12,18H,8H2,1-2H3,(H2,15,16,17,19)/t12-/m1/s1. The Morgan fingerprint density at radius 1 is 1.43 bits per heavy atom. The number of nitrogens with zero attached hydrogens (tertiary/aromatic N) is 1. The normalized spacial score (nSPS) is 11.8. The van der Waals surface area contributed by atoms with Crippen molar-refractivity contribution in [1.82, 2.24) is 10.5 Å². The topological polar surface area (TPSA) is 96.6 Å². The van der Waals surface area contributed by atoms with Crippen LogP contribution in [0, 0.1) is 6.92 Å². The number of aliphatic hydroxyl groups excluding tert-OH is 1. The Hall–Kier alpha value is -2.54. The van der Waals surface area contributed by atoms with E-state index in [1.165, 1.54) is 0 Å². The maximum absolute atomic E-state index is 11.6. The molecule has 7 heteroatoms. The Labute approximate surface area is 121 Å². The smallest absolute Gasteiger partial charge is 0.320 e. The van der Waals surface area contributed by atoms with E-state index in [-0.39, 0.29) is 6.54 Å². The van der Waals surface area contributed by atoms with Crippen LogP contribution >= 0.6 is 0 Å². The third-order valence-corrected chi connectivity index (χ3v) is 2.83. The van der Waals surface area contributed by atoms with Crippen LogP contribution in [0.4, 0.5) is 10.6 Å². The van der Waals surface area contributed by atoms with Crippen molar-refractivity contribution in [1.29, 1.82) is 0 Å². The van der Waals surface area contributed by atoms with Gasteiger partial charge < -0.3 is 19.7 Å². The van der Waals surface area contributed by atoms with E-state index < -0.39 is 12.1 Å². The maximum Gasteiger partial charge on any atom is 0.320 e. The molecule has 1 heterocycles. The number of carbonyl (C=O) groups is 1. The summed E-state index contributed by atoms with van der Waals surface area (Å²) in [5.74, 6) is 1.63. The fraction of sp³-hybridized carbons (Fsp3) is 0.286. The molecule has 0 aliphatic heterocycles. The van der Waals surface area contributed by atoms with Crippen molar-refractivity contribution in [3.05, 3.63) is 41.7 Å². The number of anilines is 1. The van der Waals surface area contributed by atoms with Gasteiger partial charge in [-0.25, -0.2) is 4.79 Å². The van der Waals surface area contributed by atoms with Crippen LogP contribution in [0.3, 0.4) is 0 Å². The number of urea groups is 1. The lowest BCUT2D eigenvalue weighted by Gasteiger charge is -2.12. The molecule has 0 bridgehead atoms. The summed E-state index contributed by atoms with van der Waals surface area (Å²) >= 11 is 0. The van der Waals surface area contributed by atoms with Crippen LogP contribution in [0.25, 0.3) is 0 Å². The molecule has 0 aliphatic carbocycles. The van der Waals surface area contributed by atoms with Gasteiger partial charge in [0.05, 0.1) is 13.2 Å². The average Bonchev–Trinajstić information content (AvgIpc) is 2.90. The Kier molecular flexibility index (Phi) is 4.78. The minimum absolute atomic E-state index is 0.0784. The van der Waals surface area contributed by atoms with Gasteiger partial charge >= 0.3 is 6.03 Å². The molecule has 1 aromatic heterocycles. The summed E-state index contributed by atoms with van der Waals surface area (Å²) < 4.78 is 9.87. The number of aromatic nitrogens is 1. The monoisotopic (exact) mass is 291 g/mol. The van der Waals surface area contributed by atoms with Gasteiger partial charge in [-0.15, -0.1) is 0 Å². The highest BCUT2D eigenvalue weighted by Gasteiger charge is 2.11. The predicted molar refractivity (Wildman–Crippen MR) is 76.2 cm³/mol. The first-order valence-electron chi connectivity index (χ1n) is 6.38. The van der Waals surface area contributed by atoms with Crippen LogP contribution in [-0.4, -0.2) is 29.9 Å². The lowest BCUT2D eigenvalue weighted by Crippen LogP contribution is -2.32. The average molecular weight is 291 g/mol. The summed E-state index contributed by atoms with van der Waals surface area (Å²) in [5, 5.41) is 18.7. The number of aliphatic hydroxyl groups is 1. The maximum atomic E-state index is 11.6. The largest absolute Gasteiger partial charge is 0.497 e. The summed E-state index contributed by atoms with van der Waals surface area (Å²) in [6, 6.07) is 8.11. The van der Waals surface area contributed by atoms with E-state index >= 15 is 0 Å². The minimum Gasteiger partial charge on any atom is -0.497 e. The lowest BCUT2D eigenvalue weighted by molar-refractivity contribution is 0.175. The molecular weight excluding hydrogens is 274 g/mol. The van der Waals surface area contributed by atoms with E-state index in [9.17, 15) is 9.90 Å². The van der Waals surface area contributed by atoms with E-state index in [2.05, 4.69) is 15.8 Å². The number of carbonyl (C=O) groups excluding carboxylic acids is 1. The van der Waals surface area contributed by atoms with Gasteiger partial charge in [0.25, 0.3) is 0 Å². The van der Waals surface area contributed by atoms with Crippen LogP contribution in [0.5, 0.6) is 5.75 Å². The molecule has 0 unspecified atom stereocenters. The Morgan fingerprint density at radius 2 is 2.14 bits per heavy atom. The molecule has 3 N–H and O–H groups in total. The summed E-state index contributed by atoms with van der Waals surface area (Å²) in [5.41, 5.74) is 0.688. The second-order valence-corrected chi connectivity index (χ2v) is 4.45. The highest BCUT2D eigenvalue weighted by molar-refractivity contribution is 5.88. The predicted octanol–water partition coefficient (Wildman–Crippen LogP) is 1.85. The molecule has 7 nitrogen and oxygen atoms in total. The molecule has 21 heavy (non-hydrogen) atoms. The van der Waals surface area contributed by atoms with Crippen LogP contribution in [0.2, 0.25) is 0 Å². The van der Waals surface area contributed by atoms with Crippen molar-refractivity contribution in [2.45, 2.75) is 13.0 Å². The van der Waals surface area contributed by atoms with Crippen molar-refractivity contribution in [2.75, 3.05) is 19.0 Å². The Balaban J connectivity index is 1.82. The molecule has 0 aliphatic rings. The number of nitrogens with one attached hydrogen (secondary N) is 2. The van der Waals surface area contributed by atoms with Crippen LogP contribution in [0.1, 0.15) is 17.4 Å². The third-order valence-electron chi connectivity index (χ3n) is 2.83. The van der Waals surface area contributed by atoms with Crippen molar-refractivity contribution < 1.29 is 19.2 Å². The summed E-state index contributed by atoms with van der Waals surface area (Å²) in [4.78, 5) is 11.6. The lowest BCUT2D eigenvalue weighted by atomic mass is 10.1. The highest BCUT2D eigenvalue weighted by atomic mass is 16.5. The molecule has 0 radical (unpaired) electrons. The molecular formula is C14H17N3O4. The quantitative estimate of drug-likeness (QED) is 0.781. The van der Waals surface area contributed by atoms with Gasteiger partial charge in [0, 0.05) is 12.6 Å². The molecule has 2 amide bonds. The van der Waals surface area contributed by atoms with Gasteiger partial charge in [0.15, 0.2) is 5.82 Å². The van der Waals surface area contributed by atoms with E-state index in [0.717, 1.165) is 0 Å². The second kappa shape index (κ2) is 6.76. The van der Waals surface area contributed by atoms with Crippen molar-refractivity contribution >= 4 is 11.8 Å². The Morgan fingerprint density at radius 3 is 2.71 bits per heavy atom. The first-order valence-corrected chi connectivity index (χ1v) is 6.38. The molecule has 2 rings (SSSR count). The first kappa shape index (κ1) is 14.9. The fourth-order valence-electron chi connectivity index (χ4n) is 1.72. The zero-order valence-electron chi connectivity index (χ0n) is 11.8. The van der Waals surface area contributed by atoms with Gasteiger partial charge in [0.2, 0.25) is 0 Å². The molecule has 112 valence electrons. The third kappa shape index (κ3) is 4.22. The summed E-state index contributed by atoms with van der Waals surface area (Å²) in [6.07, 6.45) is -0.805. The SMILES string of the molecule is COc1ccc([C@H](O)CNC(=O)Nc2cc(C)on2)cc1. The number of ether oxygens (including phenoxy) is 1. The summed E-state index contributed by atoms with van der Waals surface area (Å²) in [6.45, 7) is 1.80. The van der Waals surface area contributed by atoms with E-state index in [0.29, 0.717) is 22.9 Å². The zero-order valence-corrected chi connectivity index (χ0v) is 11.8. The van der Waals surface area contributed by atoms with Crippen molar-refractivity contribution in [3.63, 3.8) is 0 Å². The molecule has 0 spiro atoms. The molecule has 0 fully saturated rings. The number of hydrogen-bond acceptors (Lipinski definition) is 5. The number of rotatable bonds is 5. The Bertz CT molecular complexity index is 595. The van der Waals surface area contributed by atoms with Gasteiger partial charge in [-0.3, -0.25) is 5.32 Å². The van der Waals surface area contributed by atoms with Gasteiger partial charge in [-0.05, 0) is 24.6 Å². The number of benzene rings is 1. The first-order chi connectivity index (χ1) is 10.1. The molecule has 1 aromatic carbocycles. The molecule has 0 saturated carbocycles. The minimum atomic E-state index is -0.805. The van der Waals surface area contributed by atoms with Gasteiger partial charge in [0.1, 0.15) is 11.5 Å². The number of hydrogen-bond donors (Lipinski definition) is 3. The zero-order chi connectivity index (χ0) is 15.2. The second-order valence-electron chi connectivity index (χ2n) is 4.45. The fourth-order valence-corrected chi connectivity index (χ4v) is 1.72. The van der Waals surface area contributed by atoms with Crippen molar-refractivity contribution in [2.24, 2.45) is 0 Å². The molecule has 0 saturated heterocycles. The van der Waals surface area contributed by atoms with Gasteiger partial charge in [-0.2, -0.15) is 0 Å². The molecule has 2 aromatic rings. The van der Waals surface area contributed by atoms with E-state index in [4.69, 9.17) is 9.26 Å². The van der Waals surface area contributed by atoms with Crippen LogP contribution < -0.4 is 15.4 Å². The summed E-state index contributed by atoms with van der Waals surface area (Å²) in [7, 11) is 1.57. The molecule has 1 atom stereocenters. The number of methoxy groups -OCH3 is 1. The van der Waals surface area contributed by atoms with Crippen LogP contribution in [0.15, 0.2) is 34.9 Å². The number of aryl methyl sites for hydroxylation is 1.